The van der Waals surface area contributed by atoms with Crippen LogP contribution in [0.15, 0.2) is 79.3 Å². The minimum atomic E-state index is 1.14. The lowest BCUT2D eigenvalue weighted by Gasteiger charge is -2.18. The summed E-state index contributed by atoms with van der Waals surface area (Å²) in [5.74, 6) is 0. The highest BCUT2D eigenvalue weighted by molar-refractivity contribution is 6.08. The van der Waals surface area contributed by atoms with E-state index < -0.39 is 0 Å². The number of aromatic nitrogens is 2. The number of aryl methyl sites for hydroxylation is 2. The number of benzene rings is 3. The van der Waals surface area contributed by atoms with Gasteiger partial charge in [0.2, 0.25) is 0 Å². The lowest BCUT2D eigenvalue weighted by atomic mass is 9.86. The Morgan fingerprint density at radius 1 is 0.704 bits per heavy atom. The highest BCUT2D eigenvalue weighted by Crippen LogP contribution is 2.33. The van der Waals surface area contributed by atoms with E-state index in [9.17, 15) is 0 Å². The molecule has 1 aliphatic rings. The van der Waals surface area contributed by atoms with Crippen molar-refractivity contribution in [1.82, 2.24) is 9.97 Å². The van der Waals surface area contributed by atoms with Crippen molar-refractivity contribution >= 4 is 32.4 Å². The van der Waals surface area contributed by atoms with Crippen molar-refractivity contribution in [3.8, 4) is 0 Å². The SMILES string of the molecule is c1cc2[nH]ccc2cn1.c1ccc2c(c1)ccc1c3c(ccc12)CCCC3. The molecule has 2 aromatic heterocycles. The summed E-state index contributed by atoms with van der Waals surface area (Å²) in [6.45, 7) is 0. The number of aromatic amines is 1. The van der Waals surface area contributed by atoms with Gasteiger partial charge < -0.3 is 4.98 Å². The Bertz CT molecular complexity index is 1200. The van der Waals surface area contributed by atoms with Gasteiger partial charge in [-0.1, -0.05) is 48.5 Å². The average Bonchev–Trinajstić information content (AvgIpc) is 3.23. The van der Waals surface area contributed by atoms with E-state index in [1.165, 1.54) is 47.2 Å². The van der Waals surface area contributed by atoms with Gasteiger partial charge in [0.1, 0.15) is 0 Å². The normalized spacial score (nSPS) is 13.3. The quantitative estimate of drug-likeness (QED) is 0.320. The maximum absolute atomic E-state index is 3.97. The number of pyridine rings is 1. The fourth-order valence-electron chi connectivity index (χ4n) is 4.23. The molecule has 1 aliphatic carbocycles. The second kappa shape index (κ2) is 6.88. The number of nitrogens with zero attached hydrogens (tertiary/aromatic N) is 1. The lowest BCUT2D eigenvalue weighted by molar-refractivity contribution is 0.690. The van der Waals surface area contributed by atoms with Crippen molar-refractivity contribution < 1.29 is 0 Å². The van der Waals surface area contributed by atoms with Crippen LogP contribution in [0.25, 0.3) is 32.4 Å². The fourth-order valence-corrected chi connectivity index (χ4v) is 4.23. The van der Waals surface area contributed by atoms with Crippen LogP contribution in [0.2, 0.25) is 0 Å². The Hall–Kier alpha value is -3.13. The van der Waals surface area contributed by atoms with Gasteiger partial charge in [-0.25, -0.2) is 0 Å². The Kier molecular flexibility index (Phi) is 4.10. The van der Waals surface area contributed by atoms with E-state index in [-0.39, 0.29) is 0 Å². The van der Waals surface area contributed by atoms with Crippen LogP contribution in [0.1, 0.15) is 24.0 Å². The smallest absolute Gasteiger partial charge is 0.0484 e. The molecule has 132 valence electrons. The summed E-state index contributed by atoms with van der Waals surface area (Å²) in [6, 6.07) is 21.9. The van der Waals surface area contributed by atoms with Crippen LogP contribution in [0.5, 0.6) is 0 Å². The molecule has 0 aliphatic heterocycles. The van der Waals surface area contributed by atoms with E-state index in [0.29, 0.717) is 0 Å². The van der Waals surface area contributed by atoms with E-state index in [1.807, 2.05) is 24.5 Å². The van der Waals surface area contributed by atoms with Crippen molar-refractivity contribution in [2.24, 2.45) is 0 Å². The summed E-state index contributed by atoms with van der Waals surface area (Å²) < 4.78 is 0. The number of nitrogens with one attached hydrogen (secondary N) is 1. The number of fused-ring (bicyclic) bond motifs is 6. The van der Waals surface area contributed by atoms with E-state index in [2.05, 4.69) is 58.5 Å². The van der Waals surface area contributed by atoms with Gasteiger partial charge >= 0.3 is 0 Å². The predicted octanol–water partition coefficient (Wildman–Crippen LogP) is 6.43. The first-order valence-electron chi connectivity index (χ1n) is 9.69. The largest absolute Gasteiger partial charge is 0.361 e. The number of hydrogen-bond acceptors (Lipinski definition) is 1. The van der Waals surface area contributed by atoms with E-state index in [4.69, 9.17) is 0 Å². The molecular formula is C25H22N2. The summed E-state index contributed by atoms with van der Waals surface area (Å²) in [4.78, 5) is 7.04. The average molecular weight is 350 g/mol. The number of hydrogen-bond donors (Lipinski definition) is 1. The Morgan fingerprint density at radius 2 is 1.59 bits per heavy atom. The van der Waals surface area contributed by atoms with Crippen LogP contribution < -0.4 is 0 Å². The van der Waals surface area contributed by atoms with Gasteiger partial charge in [-0.3, -0.25) is 4.98 Å². The summed E-state index contributed by atoms with van der Waals surface area (Å²) >= 11 is 0. The van der Waals surface area contributed by atoms with Gasteiger partial charge in [0, 0.05) is 29.5 Å². The molecule has 0 spiro atoms. The zero-order valence-electron chi connectivity index (χ0n) is 15.3. The van der Waals surface area contributed by atoms with Crippen molar-refractivity contribution in [2.75, 3.05) is 0 Å². The molecule has 5 aromatic rings. The summed E-state index contributed by atoms with van der Waals surface area (Å²) in [6.07, 6.45) is 10.7. The van der Waals surface area contributed by atoms with Crippen LogP contribution in [-0.4, -0.2) is 9.97 Å². The molecule has 0 saturated carbocycles. The van der Waals surface area contributed by atoms with Crippen molar-refractivity contribution in [2.45, 2.75) is 25.7 Å². The van der Waals surface area contributed by atoms with Gasteiger partial charge in [0.05, 0.1) is 0 Å². The first-order valence-corrected chi connectivity index (χ1v) is 9.69. The minimum absolute atomic E-state index is 1.14. The second-order valence-electron chi connectivity index (χ2n) is 7.23. The molecule has 0 fully saturated rings. The molecule has 0 unspecified atom stereocenters. The highest BCUT2D eigenvalue weighted by atomic mass is 14.7. The van der Waals surface area contributed by atoms with Gasteiger partial charge in [0.25, 0.3) is 0 Å². The van der Waals surface area contributed by atoms with Gasteiger partial charge in [-0.15, -0.1) is 0 Å². The molecule has 2 heteroatoms. The van der Waals surface area contributed by atoms with Crippen molar-refractivity contribution in [3.63, 3.8) is 0 Å². The zero-order chi connectivity index (χ0) is 18.1. The standard InChI is InChI=1S/C18H16.C7H6N2/c1-3-7-15-13(5-1)9-11-18-16-8-4-2-6-14(16)10-12-17(15)18;1-4-9-7-2-3-8-5-6(1)7/h1,3,5,7,9-12H,2,4,6,8H2;1-5,9H. The highest BCUT2D eigenvalue weighted by Gasteiger charge is 2.13. The van der Waals surface area contributed by atoms with Crippen LogP contribution >= 0.6 is 0 Å². The summed E-state index contributed by atoms with van der Waals surface area (Å²) in [7, 11) is 0. The van der Waals surface area contributed by atoms with Crippen LogP contribution in [0, 0.1) is 0 Å². The molecule has 2 heterocycles. The first kappa shape index (κ1) is 16.1. The topological polar surface area (TPSA) is 28.7 Å². The Labute approximate surface area is 158 Å². The summed E-state index contributed by atoms with van der Waals surface area (Å²) in [5, 5.41) is 6.81. The molecule has 3 aromatic carbocycles. The molecule has 0 saturated heterocycles. The van der Waals surface area contributed by atoms with E-state index in [0.717, 1.165) is 10.9 Å². The molecule has 0 radical (unpaired) electrons. The Morgan fingerprint density at radius 3 is 2.56 bits per heavy atom. The van der Waals surface area contributed by atoms with Gasteiger partial charge in [0.15, 0.2) is 0 Å². The van der Waals surface area contributed by atoms with E-state index in [1.54, 1.807) is 17.3 Å². The third-order valence-corrected chi connectivity index (χ3v) is 5.61. The van der Waals surface area contributed by atoms with Gasteiger partial charge in [-0.2, -0.15) is 0 Å². The first-order chi connectivity index (χ1) is 13.4. The molecule has 27 heavy (non-hydrogen) atoms. The third-order valence-electron chi connectivity index (χ3n) is 5.61. The number of rotatable bonds is 0. The molecule has 0 bridgehead atoms. The minimum Gasteiger partial charge on any atom is -0.361 e. The second-order valence-corrected chi connectivity index (χ2v) is 7.23. The maximum atomic E-state index is 3.97. The zero-order valence-corrected chi connectivity index (χ0v) is 15.3. The van der Waals surface area contributed by atoms with Crippen LogP contribution in [-0.2, 0) is 12.8 Å². The molecule has 1 N–H and O–H groups in total. The number of H-pyrrole nitrogens is 1. The van der Waals surface area contributed by atoms with Crippen LogP contribution in [0.3, 0.4) is 0 Å². The third kappa shape index (κ3) is 2.97. The molecule has 6 rings (SSSR count). The molecule has 0 amide bonds. The van der Waals surface area contributed by atoms with E-state index >= 15 is 0 Å². The Balaban J connectivity index is 0.000000149. The van der Waals surface area contributed by atoms with Crippen molar-refractivity contribution in [1.29, 1.82) is 0 Å². The lowest BCUT2D eigenvalue weighted by Crippen LogP contribution is -2.02. The molecular weight excluding hydrogens is 328 g/mol. The fraction of sp³-hybridized carbons (Fsp3) is 0.160. The van der Waals surface area contributed by atoms with Gasteiger partial charge in [-0.05, 0) is 70.5 Å². The van der Waals surface area contributed by atoms with Crippen molar-refractivity contribution in [3.05, 3.63) is 90.4 Å². The van der Waals surface area contributed by atoms with Crippen LogP contribution in [0.4, 0.5) is 0 Å². The maximum Gasteiger partial charge on any atom is 0.0484 e. The molecule has 2 nitrogen and oxygen atoms in total. The predicted molar refractivity (Wildman–Crippen MR) is 114 cm³/mol. The summed E-state index contributed by atoms with van der Waals surface area (Å²) in [5.41, 5.74) is 4.32. The molecule has 0 atom stereocenters. The monoisotopic (exact) mass is 350 g/mol.